The number of carbonyl (C=O) groups excluding carboxylic acids is 1. The first-order valence-electron chi connectivity index (χ1n) is 7.53. The van der Waals surface area contributed by atoms with Gasteiger partial charge in [0.15, 0.2) is 6.61 Å². The highest BCUT2D eigenvalue weighted by Gasteiger charge is 2.27. The monoisotopic (exact) mass is 354 g/mol. The van der Waals surface area contributed by atoms with E-state index < -0.39 is 5.82 Å². The first-order chi connectivity index (χ1) is 11.5. The minimum Gasteiger partial charge on any atom is -0.484 e. The van der Waals surface area contributed by atoms with E-state index in [2.05, 4.69) is 15.2 Å². The fourth-order valence-corrected chi connectivity index (χ4v) is 2.82. The highest BCUT2D eigenvalue weighted by molar-refractivity contribution is 6.30. The summed E-state index contributed by atoms with van der Waals surface area (Å²) in [5.41, 5.74) is -0.360. The average molecular weight is 355 g/mol. The standard InChI is InChI=1S/C15H16ClFN4O3/c16-11-4-3-10(6-12(11)17)24-8-13(22)21-5-1-2-9(7-21)14-18-15(23)20-19-14/h3-4,6,9H,1-2,5,7-8H2,(H2,18,19,20,23)/t9-/m1/s1. The van der Waals surface area contributed by atoms with Crippen LogP contribution in [0.15, 0.2) is 23.0 Å². The Balaban J connectivity index is 1.58. The zero-order chi connectivity index (χ0) is 17.1. The van der Waals surface area contributed by atoms with Crippen LogP contribution in [0.5, 0.6) is 5.75 Å². The number of aromatic nitrogens is 3. The number of nitrogens with one attached hydrogen (secondary N) is 2. The third kappa shape index (κ3) is 3.76. The maximum Gasteiger partial charge on any atom is 0.340 e. The normalized spacial score (nSPS) is 17.8. The fourth-order valence-electron chi connectivity index (χ4n) is 2.71. The molecule has 0 bridgehead atoms. The quantitative estimate of drug-likeness (QED) is 0.873. The molecule has 1 saturated heterocycles. The van der Waals surface area contributed by atoms with Crippen molar-refractivity contribution in [1.29, 1.82) is 0 Å². The zero-order valence-electron chi connectivity index (χ0n) is 12.7. The van der Waals surface area contributed by atoms with Crippen LogP contribution in [-0.2, 0) is 4.79 Å². The molecule has 0 aliphatic carbocycles. The van der Waals surface area contributed by atoms with Gasteiger partial charge < -0.3 is 9.64 Å². The molecule has 1 aromatic carbocycles. The van der Waals surface area contributed by atoms with Crippen LogP contribution in [0, 0.1) is 5.82 Å². The number of nitrogens with zero attached hydrogens (tertiary/aromatic N) is 2. The smallest absolute Gasteiger partial charge is 0.340 e. The number of halogens is 2. The Morgan fingerprint density at radius 1 is 1.50 bits per heavy atom. The van der Waals surface area contributed by atoms with Gasteiger partial charge in [-0.1, -0.05) is 11.6 Å². The second-order valence-electron chi connectivity index (χ2n) is 5.61. The molecule has 24 heavy (non-hydrogen) atoms. The summed E-state index contributed by atoms with van der Waals surface area (Å²) in [6.45, 7) is 0.880. The molecule has 0 saturated carbocycles. The van der Waals surface area contributed by atoms with Crippen molar-refractivity contribution in [2.75, 3.05) is 19.7 Å². The van der Waals surface area contributed by atoms with Crippen LogP contribution in [-0.4, -0.2) is 45.7 Å². The van der Waals surface area contributed by atoms with Crippen molar-refractivity contribution in [1.82, 2.24) is 20.1 Å². The number of ether oxygens (including phenoxy) is 1. The lowest BCUT2D eigenvalue weighted by Gasteiger charge is -2.31. The number of H-pyrrole nitrogens is 2. The Morgan fingerprint density at radius 2 is 2.33 bits per heavy atom. The van der Waals surface area contributed by atoms with Crippen LogP contribution in [0.25, 0.3) is 0 Å². The molecular weight excluding hydrogens is 339 g/mol. The Kier molecular flexibility index (Phi) is 4.84. The summed E-state index contributed by atoms with van der Waals surface area (Å²) in [6, 6.07) is 4.02. The number of benzene rings is 1. The second kappa shape index (κ2) is 7.04. The summed E-state index contributed by atoms with van der Waals surface area (Å²) in [6.07, 6.45) is 1.65. The van der Waals surface area contributed by atoms with Gasteiger partial charge >= 0.3 is 5.69 Å². The molecule has 128 valence electrons. The van der Waals surface area contributed by atoms with E-state index >= 15 is 0 Å². The lowest BCUT2D eigenvalue weighted by atomic mass is 9.97. The van der Waals surface area contributed by atoms with Gasteiger partial charge in [-0.25, -0.2) is 14.3 Å². The predicted octanol–water partition coefficient (Wildman–Crippen LogP) is 1.68. The van der Waals surface area contributed by atoms with E-state index in [9.17, 15) is 14.0 Å². The van der Waals surface area contributed by atoms with Crippen molar-refractivity contribution in [2.45, 2.75) is 18.8 Å². The molecule has 7 nitrogen and oxygen atoms in total. The molecule has 1 aliphatic heterocycles. The van der Waals surface area contributed by atoms with Crippen LogP contribution in [0.2, 0.25) is 5.02 Å². The molecule has 9 heteroatoms. The Hall–Kier alpha value is -2.35. The Morgan fingerprint density at radius 3 is 3.04 bits per heavy atom. The lowest BCUT2D eigenvalue weighted by Crippen LogP contribution is -2.41. The van der Waals surface area contributed by atoms with Crippen molar-refractivity contribution in [3.05, 3.63) is 45.3 Å². The number of piperidine rings is 1. The van der Waals surface area contributed by atoms with Crippen LogP contribution in [0.4, 0.5) is 4.39 Å². The molecule has 2 N–H and O–H groups in total. The van der Waals surface area contributed by atoms with E-state index in [1.807, 2.05) is 0 Å². The first-order valence-corrected chi connectivity index (χ1v) is 7.91. The number of rotatable bonds is 4. The average Bonchev–Trinajstić information content (AvgIpc) is 3.02. The summed E-state index contributed by atoms with van der Waals surface area (Å²) in [4.78, 5) is 27.7. The van der Waals surface area contributed by atoms with Gasteiger partial charge in [-0.05, 0) is 25.0 Å². The minimum atomic E-state index is -0.595. The van der Waals surface area contributed by atoms with Crippen molar-refractivity contribution < 1.29 is 13.9 Å². The van der Waals surface area contributed by atoms with Gasteiger partial charge in [-0.15, -0.1) is 0 Å². The van der Waals surface area contributed by atoms with Gasteiger partial charge in [0.05, 0.1) is 5.02 Å². The van der Waals surface area contributed by atoms with E-state index in [1.165, 1.54) is 12.1 Å². The second-order valence-corrected chi connectivity index (χ2v) is 6.01. The molecule has 2 aromatic rings. The maximum absolute atomic E-state index is 13.4. The number of hydrogen-bond donors (Lipinski definition) is 2. The predicted molar refractivity (Wildman–Crippen MR) is 84.7 cm³/mol. The van der Waals surface area contributed by atoms with E-state index in [4.69, 9.17) is 16.3 Å². The van der Waals surface area contributed by atoms with Gasteiger partial charge in [-0.3, -0.25) is 9.78 Å². The van der Waals surface area contributed by atoms with E-state index in [-0.39, 0.29) is 34.9 Å². The number of likely N-dealkylation sites (tertiary alicyclic amines) is 1. The van der Waals surface area contributed by atoms with Crippen LogP contribution < -0.4 is 10.4 Å². The topological polar surface area (TPSA) is 91.1 Å². The number of aromatic amines is 2. The van der Waals surface area contributed by atoms with Crippen LogP contribution >= 0.6 is 11.6 Å². The van der Waals surface area contributed by atoms with E-state index in [0.29, 0.717) is 18.9 Å². The molecule has 1 fully saturated rings. The van der Waals surface area contributed by atoms with E-state index in [1.54, 1.807) is 4.90 Å². The minimum absolute atomic E-state index is 0.000504. The molecule has 1 amide bonds. The molecule has 0 radical (unpaired) electrons. The van der Waals surface area contributed by atoms with Crippen molar-refractivity contribution in [3.8, 4) is 5.75 Å². The summed E-state index contributed by atoms with van der Waals surface area (Å²) in [7, 11) is 0. The number of amides is 1. The van der Waals surface area contributed by atoms with Gasteiger partial charge in [0.25, 0.3) is 5.91 Å². The Bertz CT molecular complexity index is 791. The summed E-state index contributed by atoms with van der Waals surface area (Å²) in [5, 5.41) is 6.26. The third-order valence-corrected chi connectivity index (χ3v) is 4.24. The number of carbonyl (C=O) groups is 1. The number of hydrogen-bond acceptors (Lipinski definition) is 4. The third-order valence-electron chi connectivity index (χ3n) is 3.93. The summed E-state index contributed by atoms with van der Waals surface area (Å²) >= 11 is 5.60. The maximum atomic E-state index is 13.4. The van der Waals surface area contributed by atoms with E-state index in [0.717, 1.165) is 18.9 Å². The molecule has 1 aliphatic rings. The highest BCUT2D eigenvalue weighted by atomic mass is 35.5. The summed E-state index contributed by atoms with van der Waals surface area (Å²) in [5.74, 6) is -0.0154. The zero-order valence-corrected chi connectivity index (χ0v) is 13.5. The molecule has 0 spiro atoms. The van der Waals surface area contributed by atoms with Gasteiger partial charge in [0, 0.05) is 25.1 Å². The fraction of sp³-hybridized carbons (Fsp3) is 0.400. The Labute approximate surface area is 141 Å². The van der Waals surface area contributed by atoms with Crippen molar-refractivity contribution in [2.24, 2.45) is 0 Å². The van der Waals surface area contributed by atoms with Gasteiger partial charge in [0.1, 0.15) is 17.4 Å². The van der Waals surface area contributed by atoms with Crippen molar-refractivity contribution >= 4 is 17.5 Å². The van der Waals surface area contributed by atoms with Crippen molar-refractivity contribution in [3.63, 3.8) is 0 Å². The molecule has 1 atom stereocenters. The van der Waals surface area contributed by atoms with Crippen LogP contribution in [0.3, 0.4) is 0 Å². The summed E-state index contributed by atoms with van der Waals surface area (Å²) < 4.78 is 18.7. The molecule has 0 unspecified atom stereocenters. The molecule has 1 aromatic heterocycles. The highest BCUT2D eigenvalue weighted by Crippen LogP contribution is 2.24. The van der Waals surface area contributed by atoms with Gasteiger partial charge in [-0.2, -0.15) is 5.10 Å². The largest absolute Gasteiger partial charge is 0.484 e. The molecule has 3 rings (SSSR count). The molecular formula is C15H16ClFN4O3. The SMILES string of the molecule is O=C(COc1ccc(Cl)c(F)c1)N1CCC[C@@H](c2n[nH]c(=O)[nH]2)C1. The van der Waals surface area contributed by atoms with Gasteiger partial charge in [0.2, 0.25) is 0 Å². The molecule has 2 heterocycles. The first kappa shape index (κ1) is 16.5. The van der Waals surface area contributed by atoms with Crippen LogP contribution in [0.1, 0.15) is 24.6 Å². The lowest BCUT2D eigenvalue weighted by molar-refractivity contribution is -0.134.